The quantitative estimate of drug-likeness (QED) is 0.746. The zero-order valence-electron chi connectivity index (χ0n) is 9.24. The highest BCUT2D eigenvalue weighted by atomic mass is 79.9. The normalized spacial score (nSPS) is 15.2. The molecule has 0 amide bonds. The van der Waals surface area contributed by atoms with Crippen molar-refractivity contribution in [3.05, 3.63) is 46.2 Å². The average molecular weight is 356 g/mol. The third-order valence-electron chi connectivity index (χ3n) is 3.04. The van der Waals surface area contributed by atoms with E-state index < -0.39 is 0 Å². The SMILES string of the molecule is BrCc1cc(Br)ccc1-n1ccc(C2CC2)n1. The van der Waals surface area contributed by atoms with E-state index in [1.807, 2.05) is 4.68 Å². The number of halogens is 2. The minimum Gasteiger partial charge on any atom is -0.240 e. The third-order valence-corrected chi connectivity index (χ3v) is 4.14. The molecule has 3 rings (SSSR count). The molecule has 1 heterocycles. The van der Waals surface area contributed by atoms with Gasteiger partial charge in [-0.05, 0) is 42.7 Å². The smallest absolute Gasteiger partial charge is 0.0686 e. The van der Waals surface area contributed by atoms with Gasteiger partial charge in [-0.2, -0.15) is 5.10 Å². The molecule has 88 valence electrons. The van der Waals surface area contributed by atoms with Gasteiger partial charge < -0.3 is 0 Å². The van der Waals surface area contributed by atoms with Crippen molar-refractivity contribution in [2.24, 2.45) is 0 Å². The molecule has 1 aromatic carbocycles. The number of alkyl halides is 1. The number of rotatable bonds is 3. The number of hydrogen-bond donors (Lipinski definition) is 0. The Bertz CT molecular complexity index is 544. The van der Waals surface area contributed by atoms with Crippen LogP contribution in [0.2, 0.25) is 0 Å². The molecule has 0 aliphatic heterocycles. The van der Waals surface area contributed by atoms with Crippen LogP contribution >= 0.6 is 31.9 Å². The number of hydrogen-bond acceptors (Lipinski definition) is 1. The minimum atomic E-state index is 0.708. The van der Waals surface area contributed by atoms with E-state index in [0.29, 0.717) is 5.92 Å². The average Bonchev–Trinajstić information content (AvgIpc) is 3.08. The molecule has 2 aromatic rings. The lowest BCUT2D eigenvalue weighted by Gasteiger charge is -2.07. The summed E-state index contributed by atoms with van der Waals surface area (Å²) in [6, 6.07) is 8.42. The van der Waals surface area contributed by atoms with E-state index in [-0.39, 0.29) is 0 Å². The Balaban J connectivity index is 2.01. The maximum atomic E-state index is 4.66. The highest BCUT2D eigenvalue weighted by Gasteiger charge is 2.26. The van der Waals surface area contributed by atoms with Gasteiger partial charge in [-0.3, -0.25) is 0 Å². The van der Waals surface area contributed by atoms with Crippen LogP contribution in [0.3, 0.4) is 0 Å². The molecule has 0 bridgehead atoms. The first-order valence-electron chi connectivity index (χ1n) is 5.68. The topological polar surface area (TPSA) is 17.8 Å². The second-order valence-corrected chi connectivity index (χ2v) is 5.84. The Morgan fingerprint density at radius 2 is 2.12 bits per heavy atom. The highest BCUT2D eigenvalue weighted by molar-refractivity contribution is 9.10. The number of nitrogens with zero attached hydrogens (tertiary/aromatic N) is 2. The van der Waals surface area contributed by atoms with Crippen LogP contribution in [0.5, 0.6) is 0 Å². The molecule has 2 nitrogen and oxygen atoms in total. The summed E-state index contributed by atoms with van der Waals surface area (Å²) < 4.78 is 3.08. The molecule has 4 heteroatoms. The molecule has 0 saturated heterocycles. The summed E-state index contributed by atoms with van der Waals surface area (Å²) in [4.78, 5) is 0. The Hall–Kier alpha value is -0.610. The molecule has 0 unspecified atom stereocenters. The van der Waals surface area contributed by atoms with E-state index in [1.54, 1.807) is 0 Å². The fourth-order valence-electron chi connectivity index (χ4n) is 1.95. The van der Waals surface area contributed by atoms with Crippen LogP contribution in [0.1, 0.15) is 30.0 Å². The van der Waals surface area contributed by atoms with Gasteiger partial charge in [0.1, 0.15) is 0 Å². The summed E-state index contributed by atoms with van der Waals surface area (Å²) in [6.45, 7) is 0. The third kappa shape index (κ3) is 2.33. The monoisotopic (exact) mass is 354 g/mol. The van der Waals surface area contributed by atoms with Crippen molar-refractivity contribution in [3.63, 3.8) is 0 Å². The summed E-state index contributed by atoms with van der Waals surface area (Å²) in [5.74, 6) is 0.708. The predicted octanol–water partition coefficient (Wildman–Crippen LogP) is 4.41. The molecule has 0 spiro atoms. The molecule has 1 aliphatic rings. The molecule has 1 aliphatic carbocycles. The summed E-state index contributed by atoms with van der Waals surface area (Å²) in [5, 5.41) is 5.50. The van der Waals surface area contributed by atoms with Crippen molar-refractivity contribution in [2.45, 2.75) is 24.1 Å². The summed E-state index contributed by atoms with van der Waals surface area (Å²) in [6.07, 6.45) is 4.65. The molecule has 0 radical (unpaired) electrons. The van der Waals surface area contributed by atoms with E-state index in [9.17, 15) is 0 Å². The van der Waals surface area contributed by atoms with Crippen LogP contribution in [0, 0.1) is 0 Å². The molecule has 1 aromatic heterocycles. The van der Waals surface area contributed by atoms with Gasteiger partial charge in [0.05, 0.1) is 11.4 Å². The van der Waals surface area contributed by atoms with Crippen molar-refractivity contribution in [2.75, 3.05) is 0 Å². The van der Waals surface area contributed by atoms with E-state index in [0.717, 1.165) is 15.5 Å². The van der Waals surface area contributed by atoms with Gasteiger partial charge in [-0.15, -0.1) is 0 Å². The molecule has 1 fully saturated rings. The lowest BCUT2D eigenvalue weighted by molar-refractivity contribution is 0.831. The lowest BCUT2D eigenvalue weighted by atomic mass is 10.2. The Morgan fingerprint density at radius 1 is 1.29 bits per heavy atom. The Morgan fingerprint density at radius 3 is 2.82 bits per heavy atom. The number of benzene rings is 1. The molecule has 0 atom stereocenters. The number of aromatic nitrogens is 2. The molecule has 0 N–H and O–H groups in total. The van der Waals surface area contributed by atoms with E-state index >= 15 is 0 Å². The van der Waals surface area contributed by atoms with Gasteiger partial charge in [-0.25, -0.2) is 4.68 Å². The van der Waals surface area contributed by atoms with Crippen molar-refractivity contribution < 1.29 is 0 Å². The first-order chi connectivity index (χ1) is 8.28. The zero-order valence-corrected chi connectivity index (χ0v) is 12.4. The fourth-order valence-corrected chi connectivity index (χ4v) is 2.81. The summed E-state index contributed by atoms with van der Waals surface area (Å²) >= 11 is 7.02. The molecular weight excluding hydrogens is 344 g/mol. The minimum absolute atomic E-state index is 0.708. The van der Waals surface area contributed by atoms with Gasteiger partial charge in [-0.1, -0.05) is 31.9 Å². The van der Waals surface area contributed by atoms with Crippen molar-refractivity contribution in [3.8, 4) is 5.69 Å². The maximum absolute atomic E-state index is 4.66. The van der Waals surface area contributed by atoms with Gasteiger partial charge in [0, 0.05) is 21.9 Å². The van der Waals surface area contributed by atoms with Gasteiger partial charge in [0.2, 0.25) is 0 Å². The Labute approximate surface area is 117 Å². The van der Waals surface area contributed by atoms with Crippen LogP contribution in [-0.4, -0.2) is 9.78 Å². The maximum Gasteiger partial charge on any atom is 0.0686 e. The van der Waals surface area contributed by atoms with Gasteiger partial charge in [0.25, 0.3) is 0 Å². The standard InChI is InChI=1S/C13H12Br2N2/c14-8-10-7-11(15)3-4-13(10)17-6-5-12(16-17)9-1-2-9/h3-7,9H,1-2,8H2. The van der Waals surface area contributed by atoms with Crippen LogP contribution < -0.4 is 0 Å². The molecular formula is C13H12Br2N2. The van der Waals surface area contributed by atoms with Crippen molar-refractivity contribution >= 4 is 31.9 Å². The van der Waals surface area contributed by atoms with Crippen LogP contribution in [-0.2, 0) is 5.33 Å². The summed E-state index contributed by atoms with van der Waals surface area (Å²) in [7, 11) is 0. The van der Waals surface area contributed by atoms with Crippen LogP contribution in [0.15, 0.2) is 34.9 Å². The molecule has 1 saturated carbocycles. The largest absolute Gasteiger partial charge is 0.240 e. The highest BCUT2D eigenvalue weighted by Crippen LogP contribution is 2.39. The van der Waals surface area contributed by atoms with Gasteiger partial charge in [0.15, 0.2) is 0 Å². The van der Waals surface area contributed by atoms with Crippen molar-refractivity contribution in [1.29, 1.82) is 0 Å². The lowest BCUT2D eigenvalue weighted by Crippen LogP contribution is -1.99. The first-order valence-corrected chi connectivity index (χ1v) is 7.59. The van der Waals surface area contributed by atoms with E-state index in [2.05, 4.69) is 67.4 Å². The predicted molar refractivity (Wildman–Crippen MR) is 75.9 cm³/mol. The molecule has 17 heavy (non-hydrogen) atoms. The van der Waals surface area contributed by atoms with Crippen molar-refractivity contribution in [1.82, 2.24) is 9.78 Å². The second kappa shape index (κ2) is 4.58. The van der Waals surface area contributed by atoms with E-state index in [4.69, 9.17) is 0 Å². The van der Waals surface area contributed by atoms with Gasteiger partial charge >= 0.3 is 0 Å². The van der Waals surface area contributed by atoms with Crippen LogP contribution in [0.4, 0.5) is 0 Å². The fraction of sp³-hybridized carbons (Fsp3) is 0.308. The second-order valence-electron chi connectivity index (χ2n) is 4.37. The zero-order chi connectivity index (χ0) is 11.8. The first kappa shape index (κ1) is 11.5. The Kier molecular flexibility index (Phi) is 3.09. The van der Waals surface area contributed by atoms with E-state index in [1.165, 1.54) is 24.1 Å². The summed E-state index contributed by atoms with van der Waals surface area (Å²) in [5.41, 5.74) is 3.62. The van der Waals surface area contributed by atoms with Crippen LogP contribution in [0.25, 0.3) is 5.69 Å².